The van der Waals surface area contributed by atoms with Gasteiger partial charge in [0.15, 0.2) is 14.6 Å². The summed E-state index contributed by atoms with van der Waals surface area (Å²) in [6.07, 6.45) is -0.0817. The summed E-state index contributed by atoms with van der Waals surface area (Å²) in [5.74, 6) is -1.08. The molecule has 2 aromatic carbocycles. The normalized spacial score (nSPS) is 13.9. The van der Waals surface area contributed by atoms with Gasteiger partial charge in [-0.05, 0) is 30.2 Å². The summed E-state index contributed by atoms with van der Waals surface area (Å²) in [7, 11) is -2.41. The van der Waals surface area contributed by atoms with E-state index in [1.165, 1.54) is 14.0 Å². The van der Waals surface area contributed by atoms with Crippen LogP contribution in [-0.4, -0.2) is 31.4 Å². The highest BCUT2D eigenvalue weighted by molar-refractivity contribution is 7.92. The van der Waals surface area contributed by atoms with Crippen LogP contribution in [0.4, 0.5) is 0 Å². The molecule has 0 saturated carbocycles. The van der Waals surface area contributed by atoms with Crippen molar-refractivity contribution in [3.63, 3.8) is 0 Å². The molecule has 0 heterocycles. The van der Waals surface area contributed by atoms with Crippen LogP contribution in [0.3, 0.4) is 0 Å². The predicted octanol–water partition coefficient (Wildman–Crippen LogP) is 2.70. The molecule has 0 aliphatic heterocycles. The van der Waals surface area contributed by atoms with Crippen LogP contribution in [-0.2, 0) is 26.8 Å². The minimum atomic E-state index is -3.93. The number of methoxy groups -OCH3 is 1. The topological polar surface area (TPSA) is 80.7 Å². The zero-order valence-corrected chi connectivity index (χ0v) is 14.4. The number of ether oxygens (including phenoxy) is 1. The highest BCUT2D eigenvalue weighted by Gasteiger charge is 2.46. The smallest absolute Gasteiger partial charge is 0.325 e. The SMILES string of the molecule is COc1ccc(CS(=O)(=O)[C@](C)(Cc2ccccc2)C(=O)O)cc1. The fraction of sp³-hybridized carbons (Fsp3) is 0.278. The first-order chi connectivity index (χ1) is 11.3. The Kier molecular flexibility index (Phi) is 5.29. The number of rotatable bonds is 7. The molecule has 1 N–H and O–H groups in total. The van der Waals surface area contributed by atoms with Crippen LogP contribution in [0.5, 0.6) is 5.75 Å². The fourth-order valence-corrected chi connectivity index (χ4v) is 4.01. The molecule has 128 valence electrons. The Hall–Kier alpha value is -2.34. The first-order valence-corrected chi connectivity index (χ1v) is 9.06. The molecule has 24 heavy (non-hydrogen) atoms. The molecule has 2 rings (SSSR count). The lowest BCUT2D eigenvalue weighted by molar-refractivity contribution is -0.139. The molecule has 0 fully saturated rings. The zero-order valence-electron chi connectivity index (χ0n) is 13.6. The number of benzene rings is 2. The Bertz CT molecular complexity index is 797. The van der Waals surface area contributed by atoms with E-state index >= 15 is 0 Å². The molecule has 2 aromatic rings. The fourth-order valence-electron chi connectivity index (χ4n) is 2.40. The third-order valence-corrected chi connectivity index (χ3v) is 6.44. The Morgan fingerprint density at radius 3 is 2.12 bits per heavy atom. The highest BCUT2D eigenvalue weighted by Crippen LogP contribution is 2.27. The van der Waals surface area contributed by atoms with Crippen LogP contribution in [0, 0.1) is 0 Å². The van der Waals surface area contributed by atoms with Gasteiger partial charge < -0.3 is 9.84 Å². The molecule has 0 amide bonds. The van der Waals surface area contributed by atoms with Gasteiger partial charge in [-0.15, -0.1) is 0 Å². The van der Waals surface area contributed by atoms with Gasteiger partial charge in [-0.25, -0.2) is 8.42 Å². The number of carbonyl (C=O) groups is 1. The minimum absolute atomic E-state index is 0.0817. The van der Waals surface area contributed by atoms with E-state index in [2.05, 4.69) is 0 Å². The molecule has 0 spiro atoms. The molecular weight excluding hydrogens is 328 g/mol. The maximum atomic E-state index is 12.8. The molecule has 0 unspecified atom stereocenters. The van der Waals surface area contributed by atoms with Crippen molar-refractivity contribution < 1.29 is 23.1 Å². The molecule has 5 nitrogen and oxygen atoms in total. The van der Waals surface area contributed by atoms with Crippen molar-refractivity contribution >= 4 is 15.8 Å². The van der Waals surface area contributed by atoms with Crippen molar-refractivity contribution in [3.8, 4) is 5.75 Å². The summed E-state index contributed by atoms with van der Waals surface area (Å²) < 4.78 is 28.8. The van der Waals surface area contributed by atoms with Crippen molar-refractivity contribution in [3.05, 3.63) is 65.7 Å². The van der Waals surface area contributed by atoms with Gasteiger partial charge >= 0.3 is 5.97 Å². The monoisotopic (exact) mass is 348 g/mol. The molecule has 0 aromatic heterocycles. The number of carboxylic acids is 1. The number of hydrogen-bond acceptors (Lipinski definition) is 4. The van der Waals surface area contributed by atoms with Gasteiger partial charge in [0.25, 0.3) is 0 Å². The molecule has 0 aliphatic carbocycles. The summed E-state index contributed by atoms with van der Waals surface area (Å²) >= 11 is 0. The van der Waals surface area contributed by atoms with E-state index in [-0.39, 0.29) is 12.2 Å². The van der Waals surface area contributed by atoms with Crippen molar-refractivity contribution in [2.45, 2.75) is 23.8 Å². The average Bonchev–Trinajstić information content (AvgIpc) is 2.55. The van der Waals surface area contributed by atoms with Crippen LogP contribution >= 0.6 is 0 Å². The van der Waals surface area contributed by atoms with E-state index in [1.807, 2.05) is 0 Å². The number of aliphatic carboxylic acids is 1. The van der Waals surface area contributed by atoms with E-state index in [1.54, 1.807) is 54.6 Å². The number of carboxylic acid groups (broad SMARTS) is 1. The lowest BCUT2D eigenvalue weighted by atomic mass is 10.0. The summed E-state index contributed by atoms with van der Waals surface area (Å²) in [6.45, 7) is 1.27. The van der Waals surface area contributed by atoms with E-state index in [4.69, 9.17) is 4.74 Å². The van der Waals surface area contributed by atoms with Crippen molar-refractivity contribution in [2.75, 3.05) is 7.11 Å². The maximum absolute atomic E-state index is 12.8. The summed E-state index contributed by atoms with van der Waals surface area (Å²) in [6, 6.07) is 15.3. The van der Waals surface area contributed by atoms with Gasteiger partial charge in [0.2, 0.25) is 0 Å². The Morgan fingerprint density at radius 2 is 1.62 bits per heavy atom. The highest BCUT2D eigenvalue weighted by atomic mass is 32.2. The molecular formula is C18H20O5S. The quantitative estimate of drug-likeness (QED) is 0.832. The summed E-state index contributed by atoms with van der Waals surface area (Å²) in [4.78, 5) is 11.8. The lowest BCUT2D eigenvalue weighted by Gasteiger charge is -2.25. The lowest BCUT2D eigenvalue weighted by Crippen LogP contribution is -2.46. The zero-order chi connectivity index (χ0) is 17.8. The van der Waals surface area contributed by atoms with E-state index < -0.39 is 20.6 Å². The molecule has 0 bridgehead atoms. The first-order valence-electron chi connectivity index (χ1n) is 7.41. The van der Waals surface area contributed by atoms with Gasteiger partial charge in [-0.1, -0.05) is 42.5 Å². The molecule has 0 aliphatic rings. The van der Waals surface area contributed by atoms with Crippen LogP contribution in [0.1, 0.15) is 18.1 Å². The molecule has 0 saturated heterocycles. The summed E-state index contributed by atoms with van der Waals surface area (Å²) in [5.41, 5.74) is 1.19. The second-order valence-electron chi connectivity index (χ2n) is 5.81. The minimum Gasteiger partial charge on any atom is -0.497 e. The van der Waals surface area contributed by atoms with Gasteiger partial charge in [-0.2, -0.15) is 0 Å². The van der Waals surface area contributed by atoms with Gasteiger partial charge in [-0.3, -0.25) is 4.79 Å². The van der Waals surface area contributed by atoms with Crippen LogP contribution < -0.4 is 4.74 Å². The Labute approximate surface area is 141 Å². The first kappa shape index (κ1) is 18.0. The van der Waals surface area contributed by atoms with Crippen LogP contribution in [0.25, 0.3) is 0 Å². The van der Waals surface area contributed by atoms with Crippen molar-refractivity contribution in [1.29, 1.82) is 0 Å². The second kappa shape index (κ2) is 7.05. The van der Waals surface area contributed by atoms with Gasteiger partial charge in [0, 0.05) is 6.42 Å². The van der Waals surface area contributed by atoms with Gasteiger partial charge in [0.05, 0.1) is 12.9 Å². The van der Waals surface area contributed by atoms with E-state index in [0.29, 0.717) is 16.9 Å². The Morgan fingerprint density at radius 1 is 1.04 bits per heavy atom. The standard InChI is InChI=1S/C18H20O5S/c1-18(17(19)20,12-14-6-4-3-5-7-14)24(21,22)13-15-8-10-16(23-2)11-9-15/h3-11H,12-13H2,1-2H3,(H,19,20)/t18-/m1/s1. The van der Waals surface area contributed by atoms with Crippen LogP contribution in [0.2, 0.25) is 0 Å². The third kappa shape index (κ3) is 3.76. The van der Waals surface area contributed by atoms with Crippen molar-refractivity contribution in [2.24, 2.45) is 0 Å². The van der Waals surface area contributed by atoms with E-state index in [0.717, 1.165) is 0 Å². The second-order valence-corrected chi connectivity index (χ2v) is 8.22. The largest absolute Gasteiger partial charge is 0.497 e. The average molecular weight is 348 g/mol. The number of sulfone groups is 1. The third-order valence-electron chi connectivity index (χ3n) is 4.04. The van der Waals surface area contributed by atoms with Crippen molar-refractivity contribution in [1.82, 2.24) is 0 Å². The van der Waals surface area contributed by atoms with E-state index in [9.17, 15) is 18.3 Å². The van der Waals surface area contributed by atoms with Crippen LogP contribution in [0.15, 0.2) is 54.6 Å². The molecule has 0 radical (unpaired) electrons. The molecule has 6 heteroatoms. The molecule has 1 atom stereocenters. The number of hydrogen-bond donors (Lipinski definition) is 1. The van der Waals surface area contributed by atoms with Gasteiger partial charge in [0.1, 0.15) is 5.75 Å². The predicted molar refractivity (Wildman–Crippen MR) is 91.8 cm³/mol. The maximum Gasteiger partial charge on any atom is 0.325 e. The Balaban J connectivity index is 2.32. The summed E-state index contributed by atoms with van der Waals surface area (Å²) in [5, 5.41) is 9.59.